The zero-order valence-electron chi connectivity index (χ0n) is 8.53. The number of likely N-dealkylation sites (N-methyl/N-ethyl adjacent to an activating group) is 1. The van der Waals surface area contributed by atoms with Gasteiger partial charge in [-0.05, 0) is 6.92 Å². The lowest BCUT2D eigenvalue weighted by molar-refractivity contribution is -0.795. The highest BCUT2D eigenvalue weighted by Crippen LogP contribution is 2.17. The number of hydrogen-bond acceptors (Lipinski definition) is 3. The average Bonchev–Trinajstić information content (AvgIpc) is 2.21. The monoisotopic (exact) mass is 197 g/mol. The molecule has 0 aromatic heterocycles. The van der Waals surface area contributed by atoms with Gasteiger partial charge in [0.15, 0.2) is 6.54 Å². The normalized spacial score (nSPS) is 20.1. The van der Waals surface area contributed by atoms with Crippen LogP contribution in [0, 0.1) is 0 Å². The van der Waals surface area contributed by atoms with Crippen LogP contribution in [0.5, 0.6) is 0 Å². The van der Waals surface area contributed by atoms with Crippen LogP contribution in [-0.4, -0.2) is 47.9 Å². The van der Waals surface area contributed by atoms with Gasteiger partial charge in [0, 0.05) is 5.57 Å². The largest absolute Gasteiger partial charge is 0.433 e. The Morgan fingerprint density at radius 1 is 1.43 bits per heavy atom. The lowest BCUT2D eigenvalue weighted by Crippen LogP contribution is -2.45. The lowest BCUT2D eigenvalue weighted by Gasteiger charge is -2.17. The first-order chi connectivity index (χ1) is 6.27. The topological polar surface area (TPSA) is 54.5 Å². The highest BCUT2D eigenvalue weighted by atomic mass is 16.2. The van der Waals surface area contributed by atoms with Gasteiger partial charge in [0.2, 0.25) is 0 Å². The number of rotatable bonds is 1. The minimum atomic E-state index is -0.608. The van der Waals surface area contributed by atoms with Crippen LogP contribution in [0.3, 0.4) is 0 Å². The van der Waals surface area contributed by atoms with Crippen molar-refractivity contribution in [1.29, 1.82) is 0 Å². The maximum absolute atomic E-state index is 11.6. The van der Waals surface area contributed by atoms with Crippen LogP contribution in [0.25, 0.3) is 0 Å². The summed E-state index contributed by atoms with van der Waals surface area (Å²) in [7, 11) is 3.18. The van der Waals surface area contributed by atoms with Crippen molar-refractivity contribution in [3.05, 3.63) is 12.2 Å². The first-order valence-corrected chi connectivity index (χ1v) is 4.17. The molecule has 0 atom stereocenters. The summed E-state index contributed by atoms with van der Waals surface area (Å²) in [6.45, 7) is 4.91. The summed E-state index contributed by atoms with van der Waals surface area (Å²) in [5.74, 6) is -1.07. The third-order valence-corrected chi connectivity index (χ3v) is 2.06. The van der Waals surface area contributed by atoms with Crippen LogP contribution in [-0.2, 0) is 9.59 Å². The smallest absolute Gasteiger partial charge is 0.268 e. The molecule has 0 aliphatic carbocycles. The van der Waals surface area contributed by atoms with Crippen LogP contribution >= 0.6 is 0 Å². The van der Waals surface area contributed by atoms with Gasteiger partial charge in [-0.25, -0.2) is 9.28 Å². The number of imide groups is 3. The molecule has 5 nitrogen and oxygen atoms in total. The number of carbonyl (C=O) groups is 3. The van der Waals surface area contributed by atoms with Crippen LogP contribution in [0.4, 0.5) is 4.79 Å². The number of quaternary nitrogens is 1. The highest BCUT2D eigenvalue weighted by Gasteiger charge is 2.49. The van der Waals surface area contributed by atoms with Gasteiger partial charge in [0.1, 0.15) is 0 Å². The van der Waals surface area contributed by atoms with Crippen molar-refractivity contribution in [2.45, 2.75) is 6.92 Å². The molecule has 0 aromatic rings. The Kier molecular flexibility index (Phi) is 2.29. The molecule has 0 saturated carbocycles. The molecule has 1 fully saturated rings. The molecule has 0 N–H and O–H groups in total. The van der Waals surface area contributed by atoms with Crippen molar-refractivity contribution in [2.24, 2.45) is 0 Å². The van der Waals surface area contributed by atoms with Crippen molar-refractivity contribution in [2.75, 3.05) is 20.6 Å². The molecule has 0 aromatic carbocycles. The van der Waals surface area contributed by atoms with Gasteiger partial charge in [0.25, 0.3) is 11.8 Å². The van der Waals surface area contributed by atoms with E-state index in [1.54, 1.807) is 14.1 Å². The van der Waals surface area contributed by atoms with Gasteiger partial charge in [-0.1, -0.05) is 6.58 Å². The minimum absolute atomic E-state index is 0.0256. The molecule has 14 heavy (non-hydrogen) atoms. The summed E-state index contributed by atoms with van der Waals surface area (Å²) in [6.07, 6.45) is 0. The van der Waals surface area contributed by atoms with Crippen LogP contribution in [0.15, 0.2) is 12.2 Å². The SMILES string of the molecule is C=C(C)C(=O)N1C(=O)C[N+](C)(C)C1=O. The van der Waals surface area contributed by atoms with Crippen molar-refractivity contribution in [3.8, 4) is 0 Å². The van der Waals surface area contributed by atoms with E-state index >= 15 is 0 Å². The minimum Gasteiger partial charge on any atom is -0.268 e. The standard InChI is InChI=1S/C9H13N2O3/c1-6(2)8(13)10-7(12)5-11(3,4)9(10)14/h1,5H2,2-4H3/q+1. The predicted octanol–water partition coefficient (Wildman–Crippen LogP) is 0.128. The van der Waals surface area contributed by atoms with Crippen LogP contribution in [0.2, 0.25) is 0 Å². The second kappa shape index (κ2) is 3.02. The van der Waals surface area contributed by atoms with Gasteiger partial charge in [-0.2, -0.15) is 4.90 Å². The predicted molar refractivity (Wildman–Crippen MR) is 49.0 cm³/mol. The molecule has 1 saturated heterocycles. The molecule has 0 bridgehead atoms. The maximum atomic E-state index is 11.6. The molecule has 0 unspecified atom stereocenters. The van der Waals surface area contributed by atoms with Gasteiger partial charge >= 0.3 is 6.03 Å². The second-order valence-electron chi connectivity index (χ2n) is 3.94. The summed E-state index contributed by atoms with van der Waals surface area (Å²) in [5.41, 5.74) is 0.189. The molecule has 1 rings (SSSR count). The summed E-state index contributed by atoms with van der Waals surface area (Å²) in [5, 5.41) is 0. The molecule has 0 spiro atoms. The summed E-state index contributed by atoms with van der Waals surface area (Å²) < 4.78 is -0.113. The van der Waals surface area contributed by atoms with Gasteiger partial charge in [-0.3, -0.25) is 9.59 Å². The Morgan fingerprint density at radius 2 is 1.93 bits per heavy atom. The number of amides is 4. The molecule has 76 valence electrons. The number of nitrogens with zero attached hydrogens (tertiary/aromatic N) is 2. The molecule has 1 aliphatic rings. The fourth-order valence-electron chi connectivity index (χ4n) is 1.24. The van der Waals surface area contributed by atoms with Crippen molar-refractivity contribution < 1.29 is 18.9 Å². The summed E-state index contributed by atoms with van der Waals surface area (Å²) in [4.78, 5) is 35.1. The van der Waals surface area contributed by atoms with E-state index in [0.29, 0.717) is 4.90 Å². The van der Waals surface area contributed by atoms with E-state index in [0.717, 1.165) is 0 Å². The number of urea groups is 1. The van der Waals surface area contributed by atoms with Crippen LogP contribution in [0.1, 0.15) is 6.92 Å². The molecule has 1 aliphatic heterocycles. The Morgan fingerprint density at radius 3 is 2.21 bits per heavy atom. The molecule has 1 heterocycles. The fourth-order valence-corrected chi connectivity index (χ4v) is 1.24. The zero-order chi connectivity index (χ0) is 11.1. The molecule has 0 radical (unpaired) electrons. The molecular formula is C9H13N2O3+. The summed E-state index contributed by atoms with van der Waals surface area (Å²) >= 11 is 0. The van der Waals surface area contributed by atoms with E-state index in [9.17, 15) is 14.4 Å². The average molecular weight is 197 g/mol. The van der Waals surface area contributed by atoms with E-state index in [-0.39, 0.29) is 16.6 Å². The van der Waals surface area contributed by atoms with E-state index in [2.05, 4.69) is 6.58 Å². The molecule has 4 amide bonds. The van der Waals surface area contributed by atoms with Gasteiger partial charge in [0.05, 0.1) is 14.1 Å². The van der Waals surface area contributed by atoms with Crippen molar-refractivity contribution in [3.63, 3.8) is 0 Å². The molecular weight excluding hydrogens is 184 g/mol. The summed E-state index contributed by atoms with van der Waals surface area (Å²) in [6, 6.07) is -0.497. The zero-order valence-corrected chi connectivity index (χ0v) is 8.53. The Hall–Kier alpha value is -1.49. The second-order valence-corrected chi connectivity index (χ2v) is 3.94. The van der Waals surface area contributed by atoms with E-state index < -0.39 is 17.8 Å². The number of hydrogen-bond donors (Lipinski definition) is 0. The van der Waals surface area contributed by atoms with Crippen molar-refractivity contribution >= 4 is 17.8 Å². The first-order valence-electron chi connectivity index (χ1n) is 4.17. The quantitative estimate of drug-likeness (QED) is 0.341. The molecule has 5 heteroatoms. The van der Waals surface area contributed by atoms with Gasteiger partial charge < -0.3 is 0 Å². The third-order valence-electron chi connectivity index (χ3n) is 2.06. The van der Waals surface area contributed by atoms with E-state index in [4.69, 9.17) is 0 Å². The highest BCUT2D eigenvalue weighted by molar-refractivity contribution is 6.16. The lowest BCUT2D eigenvalue weighted by atomic mass is 10.3. The van der Waals surface area contributed by atoms with Gasteiger partial charge in [-0.15, -0.1) is 0 Å². The van der Waals surface area contributed by atoms with Crippen molar-refractivity contribution in [1.82, 2.24) is 4.90 Å². The third kappa shape index (κ3) is 1.46. The van der Waals surface area contributed by atoms with E-state index in [1.807, 2.05) is 0 Å². The van der Waals surface area contributed by atoms with Crippen LogP contribution < -0.4 is 0 Å². The Bertz CT molecular complexity index is 344. The Labute approximate surface area is 82.2 Å². The first kappa shape index (κ1) is 10.6. The number of carbonyl (C=O) groups excluding carboxylic acids is 3. The maximum Gasteiger partial charge on any atom is 0.433 e. The van der Waals surface area contributed by atoms with E-state index in [1.165, 1.54) is 6.92 Å². The Balaban J connectivity index is 3.03. The fraction of sp³-hybridized carbons (Fsp3) is 0.444.